The van der Waals surface area contributed by atoms with E-state index < -0.39 is 11.5 Å². The summed E-state index contributed by atoms with van der Waals surface area (Å²) in [6.45, 7) is 0. The van der Waals surface area contributed by atoms with Crippen molar-refractivity contribution in [1.29, 1.82) is 0 Å². The molecule has 0 spiro atoms. The third-order valence-corrected chi connectivity index (χ3v) is 3.16. The topological polar surface area (TPSA) is 61.2 Å². The minimum atomic E-state index is -0.528. The summed E-state index contributed by atoms with van der Waals surface area (Å²) in [6, 6.07) is 6.17. The molecule has 0 radical (unpaired) electrons. The lowest BCUT2D eigenvalue weighted by Crippen LogP contribution is -2.21. The van der Waals surface area contributed by atoms with Gasteiger partial charge in [-0.15, -0.1) is 0 Å². The second-order valence-corrected chi connectivity index (χ2v) is 4.35. The highest BCUT2D eigenvalue weighted by Gasteiger charge is 2.10. The molecule has 1 heterocycles. The number of aromatic nitrogens is 2. The smallest absolute Gasteiger partial charge is 0.337 e. The largest absolute Gasteiger partial charge is 0.465 e. The summed E-state index contributed by atoms with van der Waals surface area (Å²) in [5.41, 5.74) is 0.315. The summed E-state index contributed by atoms with van der Waals surface area (Å²) in [5.74, 6) is -0.457. The monoisotopic (exact) mass is 298 g/mol. The number of halogens is 2. The van der Waals surface area contributed by atoms with Crippen LogP contribution in [-0.4, -0.2) is 22.9 Å². The summed E-state index contributed by atoms with van der Waals surface area (Å²) in [5, 5.41) is 3.86. The fourth-order valence-corrected chi connectivity index (χ4v) is 1.71. The fraction of sp³-hybridized carbons (Fsp3) is 0.0833. The number of methoxy groups -OCH3 is 1. The molecular weight excluding hydrogens is 291 g/mol. The van der Waals surface area contributed by atoms with Crippen molar-refractivity contribution in [2.45, 2.75) is 0 Å². The van der Waals surface area contributed by atoms with Gasteiger partial charge >= 0.3 is 5.97 Å². The molecule has 0 N–H and O–H groups in total. The Morgan fingerprint density at radius 1 is 1.26 bits per heavy atom. The van der Waals surface area contributed by atoms with Crippen LogP contribution in [-0.2, 0) is 4.74 Å². The van der Waals surface area contributed by atoms with Gasteiger partial charge in [0.1, 0.15) is 5.02 Å². The zero-order valence-electron chi connectivity index (χ0n) is 9.76. The summed E-state index contributed by atoms with van der Waals surface area (Å²) >= 11 is 11.4. The maximum absolute atomic E-state index is 11.9. The molecule has 7 heteroatoms. The van der Waals surface area contributed by atoms with Crippen LogP contribution in [0.5, 0.6) is 0 Å². The average molecular weight is 299 g/mol. The summed E-state index contributed by atoms with van der Waals surface area (Å²) < 4.78 is 5.67. The van der Waals surface area contributed by atoms with Crippen molar-refractivity contribution >= 4 is 29.2 Å². The van der Waals surface area contributed by atoms with Gasteiger partial charge in [0.2, 0.25) is 0 Å². The van der Waals surface area contributed by atoms with Gasteiger partial charge in [0.05, 0.1) is 29.6 Å². The molecule has 0 bridgehead atoms. The number of esters is 1. The van der Waals surface area contributed by atoms with Crippen molar-refractivity contribution in [2.24, 2.45) is 0 Å². The molecule has 19 heavy (non-hydrogen) atoms. The van der Waals surface area contributed by atoms with Crippen LogP contribution in [0.2, 0.25) is 10.0 Å². The quantitative estimate of drug-likeness (QED) is 0.798. The van der Waals surface area contributed by atoms with Crippen LogP contribution in [0.15, 0.2) is 35.3 Å². The number of nitrogens with zero attached hydrogens (tertiary/aromatic N) is 2. The Hall–Kier alpha value is -1.85. The SMILES string of the molecule is COC(=O)c1ccc(-n2ncc(Cl)c(Cl)c2=O)cc1. The van der Waals surface area contributed by atoms with Crippen molar-refractivity contribution in [2.75, 3.05) is 7.11 Å². The second-order valence-electron chi connectivity index (χ2n) is 3.56. The highest BCUT2D eigenvalue weighted by Crippen LogP contribution is 2.16. The molecule has 2 aromatic rings. The van der Waals surface area contributed by atoms with E-state index in [-0.39, 0.29) is 10.0 Å². The molecule has 0 aliphatic carbocycles. The van der Waals surface area contributed by atoms with E-state index in [1.165, 1.54) is 25.4 Å². The zero-order valence-corrected chi connectivity index (χ0v) is 11.3. The number of hydrogen-bond donors (Lipinski definition) is 0. The van der Waals surface area contributed by atoms with Crippen LogP contribution in [0.25, 0.3) is 5.69 Å². The molecule has 0 fully saturated rings. The number of carbonyl (C=O) groups excluding carboxylic acids is 1. The van der Waals surface area contributed by atoms with E-state index in [1.54, 1.807) is 12.1 Å². The van der Waals surface area contributed by atoms with Gasteiger partial charge in [-0.05, 0) is 24.3 Å². The summed E-state index contributed by atoms with van der Waals surface area (Å²) in [6.07, 6.45) is 1.28. The fourth-order valence-electron chi connectivity index (χ4n) is 1.45. The van der Waals surface area contributed by atoms with Crippen LogP contribution < -0.4 is 5.56 Å². The Morgan fingerprint density at radius 3 is 2.47 bits per heavy atom. The maximum Gasteiger partial charge on any atom is 0.337 e. The van der Waals surface area contributed by atoms with Crippen molar-refractivity contribution in [3.63, 3.8) is 0 Å². The Balaban J connectivity index is 2.46. The highest BCUT2D eigenvalue weighted by atomic mass is 35.5. The molecule has 0 aliphatic heterocycles. The van der Waals surface area contributed by atoms with Crippen molar-refractivity contribution in [3.05, 3.63) is 56.4 Å². The first kappa shape index (κ1) is 13.6. The minimum Gasteiger partial charge on any atom is -0.465 e. The van der Waals surface area contributed by atoms with Gasteiger partial charge < -0.3 is 4.74 Å². The zero-order chi connectivity index (χ0) is 14.0. The average Bonchev–Trinajstić information content (AvgIpc) is 2.44. The number of rotatable bonds is 2. The predicted molar refractivity (Wildman–Crippen MR) is 71.2 cm³/mol. The number of hydrogen-bond acceptors (Lipinski definition) is 4. The van der Waals surface area contributed by atoms with E-state index in [9.17, 15) is 9.59 Å². The van der Waals surface area contributed by atoms with E-state index in [2.05, 4.69) is 9.84 Å². The third-order valence-electron chi connectivity index (χ3n) is 2.41. The van der Waals surface area contributed by atoms with E-state index in [0.29, 0.717) is 11.3 Å². The van der Waals surface area contributed by atoms with Crippen LogP contribution in [0.4, 0.5) is 0 Å². The van der Waals surface area contributed by atoms with Crippen molar-refractivity contribution < 1.29 is 9.53 Å². The van der Waals surface area contributed by atoms with Crippen LogP contribution in [0, 0.1) is 0 Å². The lowest BCUT2D eigenvalue weighted by atomic mass is 10.2. The van der Waals surface area contributed by atoms with Crippen LogP contribution in [0.1, 0.15) is 10.4 Å². The molecule has 0 amide bonds. The third kappa shape index (κ3) is 2.62. The minimum absolute atomic E-state index is 0.0918. The first-order valence-corrected chi connectivity index (χ1v) is 5.92. The van der Waals surface area contributed by atoms with E-state index in [1.807, 2.05) is 0 Å². The van der Waals surface area contributed by atoms with Crippen molar-refractivity contribution in [1.82, 2.24) is 9.78 Å². The molecule has 1 aromatic carbocycles. The Bertz CT molecular complexity index is 680. The van der Waals surface area contributed by atoms with Gasteiger partial charge in [-0.2, -0.15) is 9.78 Å². The molecule has 5 nitrogen and oxygen atoms in total. The Morgan fingerprint density at radius 2 is 1.89 bits per heavy atom. The van der Waals surface area contributed by atoms with Crippen molar-refractivity contribution in [3.8, 4) is 5.69 Å². The van der Waals surface area contributed by atoms with Gasteiger partial charge in [0.25, 0.3) is 5.56 Å². The number of carbonyl (C=O) groups is 1. The lowest BCUT2D eigenvalue weighted by molar-refractivity contribution is 0.0601. The van der Waals surface area contributed by atoms with Gasteiger partial charge in [-0.1, -0.05) is 23.2 Å². The molecule has 0 saturated carbocycles. The van der Waals surface area contributed by atoms with Gasteiger partial charge in [0.15, 0.2) is 0 Å². The molecule has 0 unspecified atom stereocenters. The molecule has 2 rings (SSSR count). The van der Waals surface area contributed by atoms with Crippen LogP contribution in [0.3, 0.4) is 0 Å². The molecule has 0 saturated heterocycles. The number of benzene rings is 1. The lowest BCUT2D eigenvalue weighted by Gasteiger charge is -2.06. The van der Waals surface area contributed by atoms with Gasteiger partial charge in [-0.25, -0.2) is 4.79 Å². The molecule has 1 aromatic heterocycles. The Kier molecular flexibility index (Phi) is 3.87. The first-order valence-electron chi connectivity index (χ1n) is 5.16. The molecule has 0 atom stereocenters. The van der Waals surface area contributed by atoms with Gasteiger partial charge in [-0.3, -0.25) is 4.79 Å². The molecular formula is C12H8Cl2N2O3. The van der Waals surface area contributed by atoms with Crippen LogP contribution >= 0.6 is 23.2 Å². The summed E-state index contributed by atoms with van der Waals surface area (Å²) in [4.78, 5) is 23.1. The standard InChI is InChI=1S/C12H8Cl2N2O3/c1-19-12(18)7-2-4-8(5-3-7)16-11(17)10(14)9(13)6-15-16/h2-6H,1H3. The van der Waals surface area contributed by atoms with E-state index in [0.717, 1.165) is 4.68 Å². The summed E-state index contributed by atoms with van der Waals surface area (Å²) in [7, 11) is 1.29. The normalized spacial score (nSPS) is 10.3. The highest BCUT2D eigenvalue weighted by molar-refractivity contribution is 6.41. The van der Waals surface area contributed by atoms with Gasteiger partial charge in [0, 0.05) is 0 Å². The maximum atomic E-state index is 11.9. The second kappa shape index (κ2) is 5.42. The molecule has 98 valence electrons. The first-order chi connectivity index (χ1) is 9.04. The van der Waals surface area contributed by atoms with E-state index >= 15 is 0 Å². The van der Waals surface area contributed by atoms with E-state index in [4.69, 9.17) is 23.2 Å². The predicted octanol–water partition coefficient (Wildman–Crippen LogP) is 2.33. The Labute approximate surface area is 118 Å². The number of ether oxygens (including phenoxy) is 1. The molecule has 0 aliphatic rings.